The number of hydrogen-bond acceptors (Lipinski definition) is 3. The Labute approximate surface area is 151 Å². The highest BCUT2D eigenvalue weighted by atomic mass is 19.3. The van der Waals surface area contributed by atoms with Crippen molar-refractivity contribution in [2.45, 2.75) is 25.3 Å². The highest BCUT2D eigenvalue weighted by molar-refractivity contribution is 5.97. The summed E-state index contributed by atoms with van der Waals surface area (Å²) in [6, 6.07) is 15.6. The van der Waals surface area contributed by atoms with Crippen LogP contribution in [0.2, 0.25) is 0 Å². The SMILES string of the molecule is CC(F)(F)CN(C(=O)c1ccccc1Oc1ccccc1)[C@H]1CCNC1. The first-order valence-corrected chi connectivity index (χ1v) is 8.65. The summed E-state index contributed by atoms with van der Waals surface area (Å²) < 4.78 is 33.2. The van der Waals surface area contributed by atoms with Gasteiger partial charge in [-0.3, -0.25) is 4.79 Å². The molecule has 4 nitrogen and oxygen atoms in total. The fourth-order valence-corrected chi connectivity index (χ4v) is 3.07. The Morgan fingerprint density at radius 1 is 1.19 bits per heavy atom. The molecule has 0 spiro atoms. The molecular weight excluding hydrogens is 338 g/mol. The predicted octanol–water partition coefficient (Wildman–Crippen LogP) is 3.94. The highest BCUT2D eigenvalue weighted by Crippen LogP contribution is 2.28. The minimum atomic E-state index is -2.96. The van der Waals surface area contributed by atoms with Crippen molar-refractivity contribution in [3.05, 3.63) is 60.2 Å². The second-order valence-corrected chi connectivity index (χ2v) is 6.56. The smallest absolute Gasteiger partial charge is 0.262 e. The molecule has 0 aromatic heterocycles. The third-order valence-electron chi connectivity index (χ3n) is 4.27. The lowest BCUT2D eigenvalue weighted by Crippen LogP contribution is -2.47. The molecule has 0 aliphatic carbocycles. The number of halogens is 2. The van der Waals surface area contributed by atoms with Crippen LogP contribution in [0.3, 0.4) is 0 Å². The van der Waals surface area contributed by atoms with E-state index in [0.29, 0.717) is 31.0 Å². The van der Waals surface area contributed by atoms with Crippen molar-refractivity contribution in [3.63, 3.8) is 0 Å². The first kappa shape index (κ1) is 18.3. The molecule has 0 bridgehead atoms. The van der Waals surface area contributed by atoms with E-state index < -0.39 is 18.4 Å². The highest BCUT2D eigenvalue weighted by Gasteiger charge is 2.35. The topological polar surface area (TPSA) is 41.6 Å². The summed E-state index contributed by atoms with van der Waals surface area (Å²) in [6.07, 6.45) is 0.656. The van der Waals surface area contributed by atoms with Crippen molar-refractivity contribution in [2.24, 2.45) is 0 Å². The molecule has 1 amide bonds. The zero-order valence-corrected chi connectivity index (χ0v) is 14.6. The van der Waals surface area contributed by atoms with Crippen LogP contribution in [-0.2, 0) is 0 Å². The molecule has 1 N–H and O–H groups in total. The zero-order chi connectivity index (χ0) is 18.6. The fourth-order valence-electron chi connectivity index (χ4n) is 3.07. The van der Waals surface area contributed by atoms with Crippen LogP contribution < -0.4 is 10.1 Å². The van der Waals surface area contributed by atoms with Crippen molar-refractivity contribution in [3.8, 4) is 11.5 Å². The summed E-state index contributed by atoms with van der Waals surface area (Å²) in [5, 5.41) is 3.13. The van der Waals surface area contributed by atoms with E-state index in [-0.39, 0.29) is 11.6 Å². The fraction of sp³-hybridized carbons (Fsp3) is 0.350. The Morgan fingerprint density at radius 2 is 1.88 bits per heavy atom. The van der Waals surface area contributed by atoms with Crippen molar-refractivity contribution < 1.29 is 18.3 Å². The average molecular weight is 360 g/mol. The Hall–Kier alpha value is -2.47. The maximum absolute atomic E-state index is 13.7. The van der Waals surface area contributed by atoms with E-state index in [2.05, 4.69) is 5.32 Å². The second kappa shape index (κ2) is 7.83. The van der Waals surface area contributed by atoms with Gasteiger partial charge in [-0.15, -0.1) is 0 Å². The van der Waals surface area contributed by atoms with Crippen LogP contribution in [0.5, 0.6) is 11.5 Å². The van der Waals surface area contributed by atoms with Gasteiger partial charge in [-0.05, 0) is 37.2 Å². The molecule has 0 radical (unpaired) electrons. The third kappa shape index (κ3) is 4.58. The largest absolute Gasteiger partial charge is 0.457 e. The molecule has 138 valence electrons. The Bertz CT molecular complexity index is 741. The molecule has 3 rings (SSSR count). The van der Waals surface area contributed by atoms with Crippen molar-refractivity contribution in [1.82, 2.24) is 10.2 Å². The maximum atomic E-state index is 13.7. The normalized spacial score (nSPS) is 17.1. The lowest BCUT2D eigenvalue weighted by molar-refractivity contribution is -0.0187. The molecule has 6 heteroatoms. The van der Waals surface area contributed by atoms with Gasteiger partial charge in [-0.2, -0.15) is 0 Å². The van der Waals surface area contributed by atoms with Gasteiger partial charge in [0.25, 0.3) is 11.8 Å². The van der Waals surface area contributed by atoms with Crippen LogP contribution in [0.4, 0.5) is 8.78 Å². The Kier molecular flexibility index (Phi) is 5.52. The molecular formula is C20H22F2N2O2. The number of para-hydroxylation sites is 2. The number of rotatable bonds is 6. The molecule has 0 saturated carbocycles. The van der Waals surface area contributed by atoms with E-state index in [0.717, 1.165) is 6.92 Å². The molecule has 1 heterocycles. The quantitative estimate of drug-likeness (QED) is 0.848. The number of nitrogens with one attached hydrogen (secondary N) is 1. The maximum Gasteiger partial charge on any atom is 0.262 e. The molecule has 2 aromatic carbocycles. The Morgan fingerprint density at radius 3 is 2.54 bits per heavy atom. The van der Waals surface area contributed by atoms with Gasteiger partial charge in [0.05, 0.1) is 12.1 Å². The van der Waals surface area contributed by atoms with Gasteiger partial charge in [0.15, 0.2) is 0 Å². The number of benzene rings is 2. The van der Waals surface area contributed by atoms with Gasteiger partial charge in [-0.1, -0.05) is 30.3 Å². The lowest BCUT2D eigenvalue weighted by atomic mass is 10.1. The number of nitrogens with zero attached hydrogens (tertiary/aromatic N) is 1. The van der Waals surface area contributed by atoms with Gasteiger partial charge in [0.2, 0.25) is 0 Å². The predicted molar refractivity (Wildman–Crippen MR) is 95.9 cm³/mol. The second-order valence-electron chi connectivity index (χ2n) is 6.56. The minimum Gasteiger partial charge on any atom is -0.457 e. The molecule has 26 heavy (non-hydrogen) atoms. The van der Waals surface area contributed by atoms with Gasteiger partial charge >= 0.3 is 0 Å². The summed E-state index contributed by atoms with van der Waals surface area (Å²) in [5.74, 6) is -2.46. The van der Waals surface area contributed by atoms with Crippen LogP contribution in [0, 0.1) is 0 Å². The summed E-state index contributed by atoms with van der Waals surface area (Å²) in [7, 11) is 0. The monoisotopic (exact) mass is 360 g/mol. The number of hydrogen-bond donors (Lipinski definition) is 1. The standard InChI is InChI=1S/C20H22F2N2O2/c1-20(21,22)14-24(15-11-12-23-13-15)19(25)17-9-5-6-10-18(17)26-16-7-3-2-4-8-16/h2-10,15,23H,11-14H2,1H3/t15-/m0/s1. The molecule has 1 aliphatic rings. The van der Waals surface area contributed by atoms with Gasteiger partial charge in [-0.25, -0.2) is 8.78 Å². The first-order chi connectivity index (χ1) is 12.4. The van der Waals surface area contributed by atoms with Crippen molar-refractivity contribution in [2.75, 3.05) is 19.6 Å². The number of carbonyl (C=O) groups is 1. The van der Waals surface area contributed by atoms with Crippen LogP contribution in [0.1, 0.15) is 23.7 Å². The number of amides is 1. The minimum absolute atomic E-state index is 0.252. The average Bonchev–Trinajstić information content (AvgIpc) is 3.14. The lowest BCUT2D eigenvalue weighted by Gasteiger charge is -2.31. The van der Waals surface area contributed by atoms with Gasteiger partial charge in [0, 0.05) is 19.5 Å². The third-order valence-corrected chi connectivity index (χ3v) is 4.27. The van der Waals surface area contributed by atoms with E-state index in [1.807, 2.05) is 18.2 Å². The van der Waals surface area contributed by atoms with E-state index in [1.165, 1.54) is 4.90 Å². The molecule has 0 unspecified atom stereocenters. The molecule has 2 aromatic rings. The summed E-state index contributed by atoms with van der Waals surface area (Å²) in [5.41, 5.74) is 0.285. The number of alkyl halides is 2. The zero-order valence-electron chi connectivity index (χ0n) is 14.6. The van der Waals surface area contributed by atoms with E-state index in [1.54, 1.807) is 36.4 Å². The first-order valence-electron chi connectivity index (χ1n) is 8.65. The van der Waals surface area contributed by atoms with Crippen LogP contribution in [0.15, 0.2) is 54.6 Å². The summed E-state index contributed by atoms with van der Waals surface area (Å²) in [4.78, 5) is 14.4. The molecule has 1 aliphatic heterocycles. The van der Waals surface area contributed by atoms with E-state index in [4.69, 9.17) is 4.74 Å². The van der Waals surface area contributed by atoms with Gasteiger partial charge < -0.3 is 15.0 Å². The van der Waals surface area contributed by atoms with E-state index >= 15 is 0 Å². The molecule has 1 atom stereocenters. The van der Waals surface area contributed by atoms with Crippen LogP contribution in [-0.4, -0.2) is 42.4 Å². The summed E-state index contributed by atoms with van der Waals surface area (Å²) >= 11 is 0. The molecule has 1 saturated heterocycles. The molecule has 1 fully saturated rings. The van der Waals surface area contributed by atoms with Crippen molar-refractivity contribution in [1.29, 1.82) is 0 Å². The summed E-state index contributed by atoms with van der Waals surface area (Å²) in [6.45, 7) is 1.45. The van der Waals surface area contributed by atoms with Crippen LogP contribution >= 0.6 is 0 Å². The van der Waals surface area contributed by atoms with Crippen LogP contribution in [0.25, 0.3) is 0 Å². The number of ether oxygens (including phenoxy) is 1. The van der Waals surface area contributed by atoms with Crippen molar-refractivity contribution >= 4 is 5.91 Å². The number of carbonyl (C=O) groups excluding carboxylic acids is 1. The Balaban J connectivity index is 1.89. The van der Waals surface area contributed by atoms with E-state index in [9.17, 15) is 13.6 Å². The van der Waals surface area contributed by atoms with Gasteiger partial charge in [0.1, 0.15) is 11.5 Å².